The molecule has 0 aromatic heterocycles. The molecule has 1 aromatic rings. The minimum Gasteiger partial charge on any atom is -0.493 e. The Morgan fingerprint density at radius 1 is 1.09 bits per heavy atom. The van der Waals surface area contributed by atoms with E-state index in [2.05, 4.69) is 0 Å². The Labute approximate surface area is 199 Å². The predicted octanol–water partition coefficient (Wildman–Crippen LogP) is 5.39. The lowest BCUT2D eigenvalue weighted by atomic mass is 9.50. The zero-order chi connectivity index (χ0) is 22.9. The van der Waals surface area contributed by atoms with Crippen LogP contribution in [0.2, 0.25) is 0 Å². The van der Waals surface area contributed by atoms with Crippen LogP contribution in [0.1, 0.15) is 86.6 Å². The van der Waals surface area contributed by atoms with E-state index in [1.165, 1.54) is 49.5 Å². The fourth-order valence-corrected chi connectivity index (χ4v) is 7.98. The maximum absolute atomic E-state index is 15.3. The molecular formula is C27H35F2NO4. The Balaban J connectivity index is 0.00000241. The summed E-state index contributed by atoms with van der Waals surface area (Å²) in [7, 11) is 0. The second-order valence-corrected chi connectivity index (χ2v) is 11.9. The molecule has 0 radical (unpaired) electrons. The molecular weight excluding hydrogens is 440 g/mol. The number of hydrogen-bond acceptors (Lipinski definition) is 3. The smallest absolute Gasteiger partial charge is 0.326 e. The largest absolute Gasteiger partial charge is 0.493 e. The fourth-order valence-electron chi connectivity index (χ4n) is 7.98. The van der Waals surface area contributed by atoms with Gasteiger partial charge in [0.1, 0.15) is 17.6 Å². The van der Waals surface area contributed by atoms with E-state index in [0.29, 0.717) is 31.2 Å². The Morgan fingerprint density at radius 2 is 1.71 bits per heavy atom. The topological polar surface area (TPSA) is 66.8 Å². The standard InChI is InChI=1S/C27H34FNO4.FH/c1-15-4-5-29(24(15)26(31)32)25(30)21-9-20(19-2-3-19)23(10-22(21)28)33-14-27-11-16-6-17(12-27)8-18(7-16)13-27;/h9-10,15-19,24H,2-8,11-14H2,1H3,(H,31,32);1H/t15-,16?,17?,18?,24+,27?;/m1./s1. The Morgan fingerprint density at radius 3 is 2.26 bits per heavy atom. The van der Waals surface area contributed by atoms with Gasteiger partial charge in [-0.2, -0.15) is 0 Å². The highest BCUT2D eigenvalue weighted by atomic mass is 19.1. The number of carbonyl (C=O) groups is 2. The molecule has 7 rings (SSSR count). The van der Waals surface area contributed by atoms with Gasteiger partial charge < -0.3 is 14.7 Å². The first-order valence-electron chi connectivity index (χ1n) is 12.8. The summed E-state index contributed by atoms with van der Waals surface area (Å²) >= 11 is 0. The molecule has 1 amide bonds. The molecule has 5 saturated carbocycles. The highest BCUT2D eigenvalue weighted by molar-refractivity contribution is 5.97. The van der Waals surface area contributed by atoms with Gasteiger partial charge in [0, 0.05) is 18.0 Å². The lowest BCUT2D eigenvalue weighted by Crippen LogP contribution is -2.48. The maximum Gasteiger partial charge on any atom is 0.326 e. The quantitative estimate of drug-likeness (QED) is 0.599. The van der Waals surface area contributed by atoms with Crippen LogP contribution in [-0.2, 0) is 4.79 Å². The molecule has 0 unspecified atom stereocenters. The molecule has 5 aliphatic carbocycles. The van der Waals surface area contributed by atoms with Gasteiger partial charge in [0.2, 0.25) is 0 Å². The summed E-state index contributed by atoms with van der Waals surface area (Å²) in [5, 5.41) is 9.59. The second-order valence-electron chi connectivity index (χ2n) is 11.9. The molecule has 1 aromatic carbocycles. The van der Waals surface area contributed by atoms with Gasteiger partial charge in [-0.05, 0) is 99.0 Å². The molecule has 7 heteroatoms. The number of carboxylic acids is 1. The van der Waals surface area contributed by atoms with E-state index < -0.39 is 23.7 Å². The molecule has 1 N–H and O–H groups in total. The number of likely N-dealkylation sites (tertiary alicyclic amines) is 1. The van der Waals surface area contributed by atoms with E-state index in [9.17, 15) is 14.7 Å². The highest BCUT2D eigenvalue weighted by Gasteiger charge is 2.51. The van der Waals surface area contributed by atoms with Gasteiger partial charge in [-0.3, -0.25) is 9.50 Å². The summed E-state index contributed by atoms with van der Waals surface area (Å²) < 4.78 is 21.6. The fraction of sp³-hybridized carbons (Fsp3) is 0.704. The number of rotatable bonds is 6. The second kappa shape index (κ2) is 8.49. The van der Waals surface area contributed by atoms with Crippen molar-refractivity contribution in [2.45, 2.75) is 76.7 Å². The summed E-state index contributed by atoms with van der Waals surface area (Å²) in [5.41, 5.74) is 1.14. The van der Waals surface area contributed by atoms with Crippen LogP contribution in [0, 0.1) is 34.9 Å². The van der Waals surface area contributed by atoms with Crippen molar-refractivity contribution in [2.75, 3.05) is 13.2 Å². The Bertz CT molecular complexity index is 956. The SMILES string of the molecule is C[C@@H]1CCN(C(=O)c2cc(C3CC3)c(OCC34CC5CC(CC(C5)C3)C4)cc2F)[C@@H]1C(=O)O.F. The normalized spacial score (nSPS) is 35.8. The average molecular weight is 476 g/mol. The molecule has 6 aliphatic rings. The van der Waals surface area contributed by atoms with E-state index in [-0.39, 0.29) is 21.6 Å². The van der Waals surface area contributed by atoms with Gasteiger partial charge in [0.15, 0.2) is 0 Å². The van der Waals surface area contributed by atoms with Gasteiger partial charge in [-0.1, -0.05) is 6.92 Å². The number of amides is 1. The van der Waals surface area contributed by atoms with Crippen molar-refractivity contribution in [3.8, 4) is 5.75 Å². The third-order valence-electron chi connectivity index (χ3n) is 9.26. The van der Waals surface area contributed by atoms with Crippen molar-refractivity contribution in [3.63, 3.8) is 0 Å². The summed E-state index contributed by atoms with van der Waals surface area (Å²) in [5.74, 6) is 1.13. The lowest BCUT2D eigenvalue weighted by Gasteiger charge is -2.56. The zero-order valence-corrected chi connectivity index (χ0v) is 19.8. The summed E-state index contributed by atoms with van der Waals surface area (Å²) in [6, 6.07) is 2.16. The van der Waals surface area contributed by atoms with Crippen LogP contribution in [0.3, 0.4) is 0 Å². The number of carboxylic acid groups (broad SMARTS) is 1. The minimum absolute atomic E-state index is 0. The van der Waals surface area contributed by atoms with Crippen LogP contribution >= 0.6 is 0 Å². The number of ether oxygens (including phenoxy) is 1. The van der Waals surface area contributed by atoms with Crippen molar-refractivity contribution in [2.24, 2.45) is 29.1 Å². The Kier molecular flexibility index (Phi) is 5.88. The van der Waals surface area contributed by atoms with Gasteiger partial charge in [0.05, 0.1) is 12.2 Å². The zero-order valence-electron chi connectivity index (χ0n) is 19.8. The van der Waals surface area contributed by atoms with Crippen LogP contribution in [0.15, 0.2) is 12.1 Å². The highest BCUT2D eigenvalue weighted by Crippen LogP contribution is 2.60. The Hall–Kier alpha value is -2.18. The van der Waals surface area contributed by atoms with E-state index in [1.807, 2.05) is 6.92 Å². The van der Waals surface area contributed by atoms with Crippen LogP contribution < -0.4 is 4.74 Å². The molecule has 4 bridgehead atoms. The van der Waals surface area contributed by atoms with E-state index in [0.717, 1.165) is 36.2 Å². The first-order valence-corrected chi connectivity index (χ1v) is 12.8. The monoisotopic (exact) mass is 475 g/mol. The van der Waals surface area contributed by atoms with Crippen molar-refractivity contribution in [1.29, 1.82) is 0 Å². The van der Waals surface area contributed by atoms with Gasteiger partial charge in [-0.15, -0.1) is 0 Å². The number of carbonyl (C=O) groups excluding carboxylic acids is 1. The van der Waals surface area contributed by atoms with E-state index >= 15 is 4.39 Å². The maximum atomic E-state index is 15.3. The number of halogens is 2. The summed E-state index contributed by atoms with van der Waals surface area (Å²) in [4.78, 5) is 26.3. The summed E-state index contributed by atoms with van der Waals surface area (Å²) in [6.45, 7) is 2.83. The molecule has 6 fully saturated rings. The predicted molar refractivity (Wildman–Crippen MR) is 123 cm³/mol. The first-order chi connectivity index (χ1) is 15.8. The molecule has 186 valence electrons. The van der Waals surface area contributed by atoms with Gasteiger partial charge in [0.25, 0.3) is 5.91 Å². The van der Waals surface area contributed by atoms with Gasteiger partial charge >= 0.3 is 5.97 Å². The first kappa shape index (κ1) is 23.6. The molecule has 1 heterocycles. The van der Waals surface area contributed by atoms with Crippen LogP contribution in [-0.4, -0.2) is 41.1 Å². The molecule has 34 heavy (non-hydrogen) atoms. The van der Waals surface area contributed by atoms with Crippen LogP contribution in [0.25, 0.3) is 0 Å². The molecule has 0 spiro atoms. The van der Waals surface area contributed by atoms with Crippen LogP contribution in [0.4, 0.5) is 9.09 Å². The van der Waals surface area contributed by atoms with E-state index in [1.54, 1.807) is 6.07 Å². The molecule has 2 atom stereocenters. The minimum atomic E-state index is -1.02. The number of hydrogen-bond donors (Lipinski definition) is 1. The molecule has 1 aliphatic heterocycles. The van der Waals surface area contributed by atoms with Gasteiger partial charge in [-0.25, -0.2) is 9.18 Å². The number of benzene rings is 1. The molecule has 5 nitrogen and oxygen atoms in total. The third kappa shape index (κ3) is 3.99. The van der Waals surface area contributed by atoms with Crippen molar-refractivity contribution in [1.82, 2.24) is 4.90 Å². The van der Waals surface area contributed by atoms with Crippen molar-refractivity contribution < 1.29 is 28.5 Å². The average Bonchev–Trinajstić information content (AvgIpc) is 3.51. The van der Waals surface area contributed by atoms with Crippen LogP contribution in [0.5, 0.6) is 5.75 Å². The number of nitrogens with zero attached hydrogens (tertiary/aromatic N) is 1. The lowest BCUT2D eigenvalue weighted by molar-refractivity contribution is -0.142. The third-order valence-corrected chi connectivity index (χ3v) is 9.26. The summed E-state index contributed by atoms with van der Waals surface area (Å²) in [6.07, 6.45) is 10.5. The van der Waals surface area contributed by atoms with Crippen molar-refractivity contribution in [3.05, 3.63) is 29.1 Å². The molecule has 1 saturated heterocycles. The van der Waals surface area contributed by atoms with Crippen molar-refractivity contribution >= 4 is 11.9 Å². The van der Waals surface area contributed by atoms with E-state index in [4.69, 9.17) is 4.74 Å². The number of aliphatic carboxylic acids is 1.